The van der Waals surface area contributed by atoms with E-state index in [9.17, 15) is 14.3 Å². The van der Waals surface area contributed by atoms with Crippen LogP contribution in [0.3, 0.4) is 0 Å². The molecule has 0 saturated heterocycles. The molecule has 0 aliphatic carbocycles. The molecule has 3 heteroatoms. The smallest absolute Gasteiger partial charge is 0.237 e. The highest BCUT2D eigenvalue weighted by molar-refractivity contribution is 5.83. The van der Waals surface area contributed by atoms with E-state index in [1.54, 1.807) is 24.5 Å². The minimum Gasteiger partial charge on any atom is -0.507 e. The Labute approximate surface area is 92.0 Å². The molecule has 0 saturated carbocycles. The van der Waals surface area contributed by atoms with Crippen molar-refractivity contribution < 1.29 is 14.3 Å². The third kappa shape index (κ3) is 1.93. The molecule has 1 N–H and O–H groups in total. The minimum atomic E-state index is -0.315. The summed E-state index contributed by atoms with van der Waals surface area (Å²) in [7, 11) is 0. The largest absolute Gasteiger partial charge is 0.507 e. The maximum atomic E-state index is 12.7. The van der Waals surface area contributed by atoms with Crippen molar-refractivity contribution in [3.05, 3.63) is 53.8 Å². The average Bonchev–Trinajstić information content (AvgIpc) is 2.31. The lowest BCUT2D eigenvalue weighted by atomic mass is 10.0. The Morgan fingerprint density at radius 1 is 1.00 bits per heavy atom. The number of phenols is 1. The summed E-state index contributed by atoms with van der Waals surface area (Å²) in [6, 6.07) is 10.5. The predicted octanol–water partition coefficient (Wildman–Crippen LogP) is 2.66. The van der Waals surface area contributed by atoms with Gasteiger partial charge in [-0.15, -0.1) is 0 Å². The van der Waals surface area contributed by atoms with Gasteiger partial charge in [-0.3, -0.25) is 4.79 Å². The molecule has 0 spiro atoms. The molecule has 0 aliphatic rings. The van der Waals surface area contributed by atoms with Crippen LogP contribution in [-0.2, 0) is 4.79 Å². The number of benzene rings is 2. The van der Waals surface area contributed by atoms with Crippen LogP contribution in [0.25, 0.3) is 11.1 Å². The number of rotatable bonds is 2. The van der Waals surface area contributed by atoms with E-state index in [2.05, 4.69) is 0 Å². The summed E-state index contributed by atoms with van der Waals surface area (Å²) in [6.45, 7) is 0. The monoisotopic (exact) mass is 215 g/mol. The molecule has 16 heavy (non-hydrogen) atoms. The van der Waals surface area contributed by atoms with Gasteiger partial charge in [-0.2, -0.15) is 0 Å². The van der Waals surface area contributed by atoms with Crippen molar-refractivity contribution >= 4 is 6.29 Å². The van der Waals surface area contributed by atoms with Crippen molar-refractivity contribution in [3.63, 3.8) is 0 Å². The third-order valence-electron chi connectivity index (χ3n) is 2.28. The first-order chi connectivity index (χ1) is 7.70. The van der Waals surface area contributed by atoms with E-state index in [1.165, 1.54) is 24.3 Å². The predicted molar refractivity (Wildman–Crippen MR) is 58.3 cm³/mol. The lowest BCUT2D eigenvalue weighted by Crippen LogP contribution is -1.85. The van der Waals surface area contributed by atoms with Crippen molar-refractivity contribution in [1.29, 1.82) is 0 Å². The maximum absolute atomic E-state index is 12.7. The van der Waals surface area contributed by atoms with E-state index < -0.39 is 0 Å². The first-order valence-electron chi connectivity index (χ1n) is 4.68. The molecule has 2 aromatic carbocycles. The van der Waals surface area contributed by atoms with Crippen LogP contribution in [0.5, 0.6) is 5.75 Å². The third-order valence-corrected chi connectivity index (χ3v) is 2.28. The average molecular weight is 215 g/mol. The van der Waals surface area contributed by atoms with Crippen LogP contribution < -0.4 is 0 Å². The number of hydrogen-bond donors (Lipinski definition) is 1. The molecule has 0 aromatic heterocycles. The van der Waals surface area contributed by atoms with Gasteiger partial charge in [-0.05, 0) is 35.4 Å². The Bertz CT molecular complexity index is 518. The summed E-state index contributed by atoms with van der Waals surface area (Å²) >= 11 is 0. The topological polar surface area (TPSA) is 37.3 Å². The Hall–Kier alpha value is -2.16. The molecule has 0 heterocycles. The second-order valence-electron chi connectivity index (χ2n) is 3.34. The van der Waals surface area contributed by atoms with Crippen molar-refractivity contribution in [2.24, 2.45) is 0 Å². The molecular weight excluding hydrogens is 207 g/mol. The van der Waals surface area contributed by atoms with Gasteiger partial charge in [0.15, 0.2) is 0 Å². The van der Waals surface area contributed by atoms with E-state index in [1.807, 2.05) is 0 Å². The van der Waals surface area contributed by atoms with Crippen molar-refractivity contribution in [2.45, 2.75) is 0 Å². The normalized spacial score (nSPS) is 10.1. The van der Waals surface area contributed by atoms with Gasteiger partial charge < -0.3 is 5.11 Å². The fraction of sp³-hybridized carbons (Fsp3) is 0. The summed E-state index contributed by atoms with van der Waals surface area (Å²) in [4.78, 5) is 10.5. The van der Waals surface area contributed by atoms with Crippen molar-refractivity contribution in [3.8, 4) is 16.9 Å². The van der Waals surface area contributed by atoms with Crippen LogP contribution in [-0.4, -0.2) is 11.4 Å². The van der Waals surface area contributed by atoms with Crippen LogP contribution in [0.2, 0.25) is 0 Å². The fourth-order valence-corrected chi connectivity index (χ4v) is 1.44. The molecule has 0 bridgehead atoms. The number of carbonyl (C=O) groups excluding carboxylic acids is 1. The Morgan fingerprint density at radius 3 is 2.25 bits per heavy atom. The summed E-state index contributed by atoms with van der Waals surface area (Å²) < 4.78 is 12.7. The van der Waals surface area contributed by atoms with Gasteiger partial charge in [0.2, 0.25) is 6.29 Å². The Kier molecular flexibility index (Phi) is 2.68. The number of phenolic OH excluding ortho intramolecular Hbond substituents is 1. The van der Waals surface area contributed by atoms with Crippen molar-refractivity contribution in [1.82, 2.24) is 0 Å². The van der Waals surface area contributed by atoms with Crippen LogP contribution in [0.1, 0.15) is 5.56 Å². The summed E-state index contributed by atoms with van der Waals surface area (Å²) in [5, 5.41) is 9.30. The zero-order chi connectivity index (χ0) is 11.5. The molecule has 0 amide bonds. The second kappa shape index (κ2) is 4.14. The van der Waals surface area contributed by atoms with E-state index in [-0.39, 0.29) is 17.1 Å². The van der Waals surface area contributed by atoms with Gasteiger partial charge in [0.25, 0.3) is 0 Å². The summed E-state index contributed by atoms with van der Waals surface area (Å²) in [5.41, 5.74) is 1.61. The number of hydrogen-bond acceptors (Lipinski definition) is 2. The zero-order valence-corrected chi connectivity index (χ0v) is 8.27. The van der Waals surface area contributed by atoms with Crippen LogP contribution in [0.15, 0.2) is 42.5 Å². The highest BCUT2D eigenvalue weighted by Gasteiger charge is 2.04. The fourth-order valence-electron chi connectivity index (χ4n) is 1.44. The first-order valence-corrected chi connectivity index (χ1v) is 4.68. The number of aromatic hydroxyl groups is 1. The van der Waals surface area contributed by atoms with Gasteiger partial charge in [0.1, 0.15) is 11.6 Å². The maximum Gasteiger partial charge on any atom is 0.237 e. The molecule has 2 aromatic rings. The quantitative estimate of drug-likeness (QED) is 0.836. The van der Waals surface area contributed by atoms with Gasteiger partial charge in [0, 0.05) is 0 Å². The van der Waals surface area contributed by atoms with E-state index >= 15 is 0 Å². The van der Waals surface area contributed by atoms with Gasteiger partial charge >= 0.3 is 0 Å². The molecular formula is C13H8FO2. The molecule has 2 rings (SSSR count). The van der Waals surface area contributed by atoms with Crippen LogP contribution in [0, 0.1) is 5.82 Å². The standard InChI is InChI=1S/C13H8FO2/c14-12-4-1-9(2-5-12)10-3-6-13(16)11(7-10)8-15/h1-7,16H. The number of halogens is 1. The molecule has 79 valence electrons. The van der Waals surface area contributed by atoms with Gasteiger partial charge in [0.05, 0.1) is 5.56 Å². The van der Waals surface area contributed by atoms with Crippen molar-refractivity contribution in [2.75, 3.05) is 0 Å². The van der Waals surface area contributed by atoms with E-state index in [0.29, 0.717) is 0 Å². The van der Waals surface area contributed by atoms with E-state index in [4.69, 9.17) is 0 Å². The molecule has 2 nitrogen and oxygen atoms in total. The Morgan fingerprint density at radius 2 is 1.62 bits per heavy atom. The summed E-state index contributed by atoms with van der Waals surface area (Å²) in [5.74, 6) is -0.425. The molecule has 0 atom stereocenters. The molecule has 1 radical (unpaired) electrons. The van der Waals surface area contributed by atoms with Gasteiger partial charge in [-0.1, -0.05) is 18.2 Å². The SMILES string of the molecule is O=[C]c1cc(-c2ccc(F)cc2)ccc1O. The lowest BCUT2D eigenvalue weighted by Gasteiger charge is -2.03. The molecule has 0 aliphatic heterocycles. The second-order valence-corrected chi connectivity index (χ2v) is 3.34. The minimum absolute atomic E-state index is 0.0989. The highest BCUT2D eigenvalue weighted by Crippen LogP contribution is 2.24. The Balaban J connectivity index is 2.48. The van der Waals surface area contributed by atoms with Crippen LogP contribution in [0.4, 0.5) is 4.39 Å². The van der Waals surface area contributed by atoms with E-state index in [0.717, 1.165) is 11.1 Å². The van der Waals surface area contributed by atoms with Gasteiger partial charge in [-0.25, -0.2) is 4.39 Å². The molecule has 0 unspecified atom stereocenters. The highest BCUT2D eigenvalue weighted by atomic mass is 19.1. The zero-order valence-electron chi connectivity index (χ0n) is 8.27. The lowest BCUT2D eigenvalue weighted by molar-refractivity contribution is 0.472. The molecule has 0 fully saturated rings. The first kappa shape index (κ1) is 10.4. The van der Waals surface area contributed by atoms with Crippen LogP contribution >= 0.6 is 0 Å². The summed E-state index contributed by atoms with van der Waals surface area (Å²) in [6.07, 6.45) is 1.64.